The van der Waals surface area contributed by atoms with E-state index in [1.165, 1.54) is 0 Å². The Bertz CT molecular complexity index is 928. The summed E-state index contributed by atoms with van der Waals surface area (Å²) < 4.78 is 36.7. The molecular formula is C21H28N2O5S. The van der Waals surface area contributed by atoms with Gasteiger partial charge in [0.2, 0.25) is 15.9 Å². The van der Waals surface area contributed by atoms with Gasteiger partial charge in [-0.1, -0.05) is 18.2 Å². The van der Waals surface area contributed by atoms with E-state index in [2.05, 4.69) is 5.32 Å². The van der Waals surface area contributed by atoms with E-state index in [0.29, 0.717) is 23.8 Å². The zero-order valence-electron chi connectivity index (χ0n) is 17.4. The van der Waals surface area contributed by atoms with Crippen molar-refractivity contribution in [3.8, 4) is 11.5 Å². The largest absolute Gasteiger partial charge is 0.496 e. The molecule has 0 aliphatic heterocycles. The Hall–Kier alpha value is -2.74. The number of carbonyl (C=O) groups is 1. The summed E-state index contributed by atoms with van der Waals surface area (Å²) in [5.41, 5.74) is 1.20. The average Bonchev–Trinajstić information content (AvgIpc) is 2.68. The standard InChI is InChI=1S/C21H28N2O5S/c1-6-28-18-13-11-17(12-14-18)23(29(5,25)26)16(3)21(24)22-15(2)19-9-7-8-10-20(19)27-4/h7-16H,6H2,1-5H3,(H,22,24)/t15-,16-/m1/s1. The Labute approximate surface area is 172 Å². The Morgan fingerprint density at radius 2 is 1.72 bits per heavy atom. The fraction of sp³-hybridized carbons (Fsp3) is 0.381. The van der Waals surface area contributed by atoms with Crippen LogP contribution >= 0.6 is 0 Å². The first-order chi connectivity index (χ1) is 13.7. The third-order valence-electron chi connectivity index (χ3n) is 4.45. The van der Waals surface area contributed by atoms with Crippen molar-refractivity contribution in [2.45, 2.75) is 32.9 Å². The zero-order valence-corrected chi connectivity index (χ0v) is 18.2. The third-order valence-corrected chi connectivity index (χ3v) is 5.70. The lowest BCUT2D eigenvalue weighted by Gasteiger charge is -2.29. The molecule has 2 rings (SSSR count). The van der Waals surface area contributed by atoms with Crippen LogP contribution in [0.4, 0.5) is 5.69 Å². The minimum absolute atomic E-state index is 0.358. The van der Waals surface area contributed by atoms with Crippen molar-refractivity contribution in [1.29, 1.82) is 0 Å². The van der Waals surface area contributed by atoms with Gasteiger partial charge in [-0.05, 0) is 51.1 Å². The molecule has 0 spiro atoms. The first-order valence-electron chi connectivity index (χ1n) is 9.34. The molecule has 0 fully saturated rings. The minimum Gasteiger partial charge on any atom is -0.496 e. The molecule has 0 bridgehead atoms. The number of nitrogens with one attached hydrogen (secondary N) is 1. The molecule has 0 saturated heterocycles. The predicted octanol–water partition coefficient (Wildman–Crippen LogP) is 3.13. The number of para-hydroxylation sites is 1. The molecular weight excluding hydrogens is 392 g/mol. The maximum atomic E-state index is 12.9. The molecule has 0 aliphatic carbocycles. The number of ether oxygens (including phenoxy) is 2. The van der Waals surface area contributed by atoms with Crippen LogP contribution in [0.1, 0.15) is 32.4 Å². The highest BCUT2D eigenvalue weighted by atomic mass is 32.2. The number of hydrogen-bond acceptors (Lipinski definition) is 5. The molecule has 0 aliphatic rings. The molecule has 158 valence electrons. The lowest BCUT2D eigenvalue weighted by molar-refractivity contribution is -0.122. The summed E-state index contributed by atoms with van der Waals surface area (Å²) in [6.45, 7) is 5.76. The molecule has 0 saturated carbocycles. The lowest BCUT2D eigenvalue weighted by atomic mass is 10.1. The van der Waals surface area contributed by atoms with Gasteiger partial charge >= 0.3 is 0 Å². The number of carbonyl (C=O) groups excluding carboxylic acids is 1. The maximum Gasteiger partial charge on any atom is 0.244 e. The summed E-state index contributed by atoms with van der Waals surface area (Å²) in [6.07, 6.45) is 1.08. The van der Waals surface area contributed by atoms with Crippen LogP contribution in [0.5, 0.6) is 11.5 Å². The molecule has 2 aromatic rings. The van der Waals surface area contributed by atoms with Gasteiger partial charge in [-0.25, -0.2) is 8.42 Å². The molecule has 1 amide bonds. The average molecular weight is 421 g/mol. The van der Waals surface area contributed by atoms with Crippen LogP contribution in [0.2, 0.25) is 0 Å². The summed E-state index contributed by atoms with van der Waals surface area (Å²) in [6, 6.07) is 12.7. The van der Waals surface area contributed by atoms with E-state index in [0.717, 1.165) is 16.1 Å². The summed E-state index contributed by atoms with van der Waals surface area (Å²) in [4.78, 5) is 12.9. The van der Waals surface area contributed by atoms with Gasteiger partial charge in [-0.15, -0.1) is 0 Å². The van der Waals surface area contributed by atoms with Crippen molar-refractivity contribution < 1.29 is 22.7 Å². The number of hydrogen-bond donors (Lipinski definition) is 1. The first kappa shape index (κ1) is 22.5. The fourth-order valence-electron chi connectivity index (χ4n) is 3.10. The van der Waals surface area contributed by atoms with Crippen molar-refractivity contribution in [2.24, 2.45) is 0 Å². The summed E-state index contributed by atoms with van der Waals surface area (Å²) in [5.74, 6) is 0.869. The number of amides is 1. The second-order valence-corrected chi connectivity index (χ2v) is 8.49. The Morgan fingerprint density at radius 3 is 2.28 bits per heavy atom. The molecule has 2 aromatic carbocycles. The summed E-state index contributed by atoms with van der Waals surface area (Å²) in [7, 11) is -2.13. The molecule has 2 atom stereocenters. The van der Waals surface area contributed by atoms with Crippen molar-refractivity contribution >= 4 is 21.6 Å². The van der Waals surface area contributed by atoms with E-state index >= 15 is 0 Å². The van der Waals surface area contributed by atoms with Crippen LogP contribution in [0.3, 0.4) is 0 Å². The van der Waals surface area contributed by atoms with Crippen LogP contribution in [0.15, 0.2) is 48.5 Å². The molecule has 29 heavy (non-hydrogen) atoms. The van der Waals surface area contributed by atoms with E-state index in [1.807, 2.05) is 38.1 Å². The molecule has 7 nitrogen and oxygen atoms in total. The number of nitrogens with zero attached hydrogens (tertiary/aromatic N) is 1. The van der Waals surface area contributed by atoms with Gasteiger partial charge in [0.15, 0.2) is 0 Å². The Balaban J connectivity index is 2.24. The van der Waals surface area contributed by atoms with Gasteiger partial charge in [-0.3, -0.25) is 9.10 Å². The van der Waals surface area contributed by atoms with Gasteiger partial charge in [0.1, 0.15) is 17.5 Å². The summed E-state index contributed by atoms with van der Waals surface area (Å²) in [5, 5.41) is 2.87. The van der Waals surface area contributed by atoms with E-state index in [4.69, 9.17) is 9.47 Å². The second-order valence-electron chi connectivity index (χ2n) is 6.63. The highest BCUT2D eigenvalue weighted by Crippen LogP contribution is 2.26. The van der Waals surface area contributed by atoms with Crippen LogP contribution in [0, 0.1) is 0 Å². The van der Waals surface area contributed by atoms with Gasteiger partial charge < -0.3 is 14.8 Å². The van der Waals surface area contributed by atoms with Gasteiger partial charge in [-0.2, -0.15) is 0 Å². The third kappa shape index (κ3) is 5.63. The van der Waals surface area contributed by atoms with Gasteiger partial charge in [0.25, 0.3) is 0 Å². The van der Waals surface area contributed by atoms with E-state index in [1.54, 1.807) is 38.3 Å². The van der Waals surface area contributed by atoms with Crippen molar-refractivity contribution in [2.75, 3.05) is 24.3 Å². The van der Waals surface area contributed by atoms with E-state index in [-0.39, 0.29) is 6.04 Å². The highest BCUT2D eigenvalue weighted by molar-refractivity contribution is 7.92. The molecule has 0 unspecified atom stereocenters. The van der Waals surface area contributed by atoms with Gasteiger partial charge in [0.05, 0.1) is 31.7 Å². The maximum absolute atomic E-state index is 12.9. The molecule has 0 heterocycles. The molecule has 1 N–H and O–H groups in total. The number of anilines is 1. The molecule has 0 aromatic heterocycles. The van der Waals surface area contributed by atoms with Crippen molar-refractivity contribution in [1.82, 2.24) is 5.32 Å². The Morgan fingerprint density at radius 1 is 1.10 bits per heavy atom. The van der Waals surface area contributed by atoms with E-state index in [9.17, 15) is 13.2 Å². The smallest absolute Gasteiger partial charge is 0.244 e. The van der Waals surface area contributed by atoms with Gasteiger partial charge in [0, 0.05) is 5.56 Å². The van der Waals surface area contributed by atoms with Crippen LogP contribution < -0.4 is 19.1 Å². The van der Waals surface area contributed by atoms with Crippen LogP contribution in [0.25, 0.3) is 0 Å². The number of rotatable bonds is 9. The highest BCUT2D eigenvalue weighted by Gasteiger charge is 2.30. The first-order valence-corrected chi connectivity index (χ1v) is 11.2. The predicted molar refractivity (Wildman–Crippen MR) is 114 cm³/mol. The number of benzene rings is 2. The fourth-order valence-corrected chi connectivity index (χ4v) is 4.28. The second kappa shape index (κ2) is 9.65. The number of sulfonamides is 1. The quantitative estimate of drug-likeness (QED) is 0.674. The SMILES string of the molecule is CCOc1ccc(N([C@H](C)C(=O)N[C@H](C)c2ccccc2OC)S(C)(=O)=O)cc1. The van der Waals surface area contributed by atoms with Crippen LogP contribution in [-0.4, -0.2) is 40.3 Å². The number of methoxy groups -OCH3 is 1. The lowest BCUT2D eigenvalue weighted by Crippen LogP contribution is -2.48. The molecule has 8 heteroatoms. The van der Waals surface area contributed by atoms with Crippen molar-refractivity contribution in [3.63, 3.8) is 0 Å². The zero-order chi connectivity index (χ0) is 21.6. The van der Waals surface area contributed by atoms with Crippen LogP contribution in [-0.2, 0) is 14.8 Å². The molecule has 0 radical (unpaired) electrons. The van der Waals surface area contributed by atoms with Crippen molar-refractivity contribution in [3.05, 3.63) is 54.1 Å². The van der Waals surface area contributed by atoms with E-state index < -0.39 is 22.0 Å². The monoisotopic (exact) mass is 420 g/mol. The summed E-state index contributed by atoms with van der Waals surface area (Å²) >= 11 is 0. The normalized spacial score (nSPS) is 13.3. The topological polar surface area (TPSA) is 84.9 Å². The Kier molecular flexibility index (Phi) is 7.50. The minimum atomic E-state index is -3.69.